The van der Waals surface area contributed by atoms with Crippen LogP contribution in [0, 0.1) is 5.82 Å². The molecule has 5 heteroatoms. The Morgan fingerprint density at radius 2 is 2.00 bits per heavy atom. The van der Waals surface area contributed by atoms with Gasteiger partial charge in [0.25, 0.3) is 0 Å². The molecule has 1 N–H and O–H groups in total. The Morgan fingerprint density at radius 1 is 1.14 bits per heavy atom. The molecule has 0 atom stereocenters. The molecule has 2 aromatic heterocycles. The molecule has 1 aliphatic heterocycles. The first-order valence-corrected chi connectivity index (χ1v) is 7.37. The molecule has 0 amide bonds. The number of benzene rings is 1. The van der Waals surface area contributed by atoms with E-state index in [1.807, 2.05) is 24.4 Å². The highest BCUT2D eigenvalue weighted by molar-refractivity contribution is 5.86. The van der Waals surface area contributed by atoms with Gasteiger partial charge in [-0.2, -0.15) is 0 Å². The second-order valence-electron chi connectivity index (χ2n) is 5.42. The maximum Gasteiger partial charge on any atom is 0.130 e. The van der Waals surface area contributed by atoms with E-state index in [9.17, 15) is 4.39 Å². The predicted octanol–water partition coefficient (Wildman–Crippen LogP) is 3.21. The van der Waals surface area contributed by atoms with Crippen molar-refractivity contribution in [2.75, 3.05) is 31.2 Å². The molecular weight excluding hydrogens is 281 g/mol. The fraction of sp³-hybridized carbons (Fsp3) is 0.235. The van der Waals surface area contributed by atoms with Crippen molar-refractivity contribution in [2.45, 2.75) is 0 Å². The lowest BCUT2D eigenvalue weighted by Crippen LogP contribution is -2.36. The Labute approximate surface area is 127 Å². The largest absolute Gasteiger partial charge is 0.378 e. The molecule has 1 fully saturated rings. The van der Waals surface area contributed by atoms with Crippen LogP contribution in [0.4, 0.5) is 10.2 Å². The minimum Gasteiger partial charge on any atom is -0.378 e. The summed E-state index contributed by atoms with van der Waals surface area (Å²) in [6.45, 7) is 3.18. The molecule has 3 heterocycles. The van der Waals surface area contributed by atoms with E-state index >= 15 is 0 Å². The number of fused-ring (bicyclic) bond motifs is 1. The van der Waals surface area contributed by atoms with Crippen molar-refractivity contribution in [1.82, 2.24) is 9.97 Å². The van der Waals surface area contributed by atoms with Crippen LogP contribution in [0.1, 0.15) is 0 Å². The number of aromatic amines is 1. The second-order valence-corrected chi connectivity index (χ2v) is 5.42. The molecule has 1 aromatic carbocycles. The fourth-order valence-electron chi connectivity index (χ4n) is 2.79. The summed E-state index contributed by atoms with van der Waals surface area (Å²) < 4.78 is 18.7. The zero-order chi connectivity index (χ0) is 14.9. The van der Waals surface area contributed by atoms with E-state index in [1.165, 1.54) is 12.1 Å². The summed E-state index contributed by atoms with van der Waals surface area (Å²) in [5, 5.41) is 1.02. The minimum absolute atomic E-state index is 0.233. The predicted molar refractivity (Wildman–Crippen MR) is 84.5 cm³/mol. The summed E-state index contributed by atoms with van der Waals surface area (Å²) in [7, 11) is 0. The van der Waals surface area contributed by atoms with Gasteiger partial charge in [-0.3, -0.25) is 0 Å². The monoisotopic (exact) mass is 297 g/mol. The van der Waals surface area contributed by atoms with Crippen molar-refractivity contribution in [1.29, 1.82) is 0 Å². The van der Waals surface area contributed by atoms with Gasteiger partial charge >= 0.3 is 0 Å². The van der Waals surface area contributed by atoms with E-state index in [-0.39, 0.29) is 5.82 Å². The number of nitrogens with one attached hydrogen (secondary N) is 1. The molecule has 4 rings (SSSR count). The minimum atomic E-state index is -0.233. The molecule has 0 unspecified atom stereocenters. The Balaban J connectivity index is 1.71. The molecule has 0 bridgehead atoms. The van der Waals surface area contributed by atoms with Gasteiger partial charge in [0.1, 0.15) is 11.6 Å². The van der Waals surface area contributed by atoms with E-state index in [0.29, 0.717) is 0 Å². The average molecular weight is 297 g/mol. The highest BCUT2D eigenvalue weighted by Crippen LogP contribution is 2.26. The molecule has 0 spiro atoms. The highest BCUT2D eigenvalue weighted by Gasteiger charge is 2.13. The highest BCUT2D eigenvalue weighted by atomic mass is 19.1. The third-order valence-electron chi connectivity index (χ3n) is 3.96. The SMILES string of the molecule is Fc1cccc(-c2cc3cnc(N4CCOCC4)cc3[nH]2)c1. The maximum absolute atomic E-state index is 13.4. The number of anilines is 1. The number of nitrogens with zero attached hydrogens (tertiary/aromatic N) is 2. The molecular formula is C17H16FN3O. The van der Waals surface area contributed by atoms with Gasteiger partial charge in [0.05, 0.1) is 18.7 Å². The smallest absolute Gasteiger partial charge is 0.130 e. The fourth-order valence-corrected chi connectivity index (χ4v) is 2.79. The molecule has 0 aliphatic carbocycles. The Morgan fingerprint density at radius 3 is 2.82 bits per heavy atom. The average Bonchev–Trinajstić information content (AvgIpc) is 2.99. The van der Waals surface area contributed by atoms with E-state index in [4.69, 9.17) is 4.74 Å². The van der Waals surface area contributed by atoms with Gasteiger partial charge in [0, 0.05) is 42.0 Å². The van der Waals surface area contributed by atoms with Gasteiger partial charge in [-0.05, 0) is 18.2 Å². The van der Waals surface area contributed by atoms with Crippen LogP contribution >= 0.6 is 0 Å². The third-order valence-corrected chi connectivity index (χ3v) is 3.96. The van der Waals surface area contributed by atoms with Gasteiger partial charge in [0.2, 0.25) is 0 Å². The lowest BCUT2D eigenvalue weighted by atomic mass is 10.1. The lowest BCUT2D eigenvalue weighted by molar-refractivity contribution is 0.122. The Bertz CT molecular complexity index is 809. The molecule has 1 saturated heterocycles. The molecule has 3 aromatic rings. The number of ether oxygens (including phenoxy) is 1. The van der Waals surface area contributed by atoms with Crippen LogP contribution < -0.4 is 4.90 Å². The van der Waals surface area contributed by atoms with Crippen LogP contribution in [0.25, 0.3) is 22.2 Å². The second kappa shape index (κ2) is 5.42. The van der Waals surface area contributed by atoms with Crippen molar-refractivity contribution in [2.24, 2.45) is 0 Å². The van der Waals surface area contributed by atoms with Gasteiger partial charge in [-0.15, -0.1) is 0 Å². The van der Waals surface area contributed by atoms with Gasteiger partial charge in [-0.25, -0.2) is 9.37 Å². The van der Waals surface area contributed by atoms with Gasteiger partial charge < -0.3 is 14.6 Å². The Hall–Kier alpha value is -2.40. The number of pyridine rings is 1. The van der Waals surface area contributed by atoms with Crippen molar-refractivity contribution < 1.29 is 9.13 Å². The van der Waals surface area contributed by atoms with E-state index < -0.39 is 0 Å². The van der Waals surface area contributed by atoms with E-state index in [2.05, 4.69) is 14.9 Å². The van der Waals surface area contributed by atoms with Crippen LogP contribution in [0.15, 0.2) is 42.6 Å². The molecule has 112 valence electrons. The molecule has 4 nitrogen and oxygen atoms in total. The number of hydrogen-bond donors (Lipinski definition) is 1. The van der Waals surface area contributed by atoms with Crippen molar-refractivity contribution in [3.8, 4) is 11.3 Å². The zero-order valence-corrected chi connectivity index (χ0v) is 12.1. The van der Waals surface area contributed by atoms with Crippen LogP contribution in [-0.2, 0) is 4.74 Å². The number of rotatable bonds is 2. The number of morpholine rings is 1. The topological polar surface area (TPSA) is 41.2 Å². The molecule has 22 heavy (non-hydrogen) atoms. The zero-order valence-electron chi connectivity index (χ0n) is 12.1. The number of hydrogen-bond acceptors (Lipinski definition) is 3. The normalized spacial score (nSPS) is 15.4. The summed E-state index contributed by atoms with van der Waals surface area (Å²) in [4.78, 5) is 10.1. The van der Waals surface area contributed by atoms with Crippen LogP contribution in [0.3, 0.4) is 0 Å². The van der Waals surface area contributed by atoms with Gasteiger partial charge in [-0.1, -0.05) is 12.1 Å². The maximum atomic E-state index is 13.4. The summed E-state index contributed by atoms with van der Waals surface area (Å²) in [6, 6.07) is 10.6. The molecule has 0 radical (unpaired) electrons. The van der Waals surface area contributed by atoms with Crippen LogP contribution in [0.2, 0.25) is 0 Å². The first-order valence-electron chi connectivity index (χ1n) is 7.37. The molecule has 0 saturated carbocycles. The summed E-state index contributed by atoms with van der Waals surface area (Å²) in [6.07, 6.45) is 1.86. The number of H-pyrrole nitrogens is 1. The van der Waals surface area contributed by atoms with Gasteiger partial charge in [0.15, 0.2) is 0 Å². The standard InChI is InChI=1S/C17H16FN3O/c18-14-3-1-2-12(8-14)15-9-13-11-19-17(10-16(13)20-15)21-4-6-22-7-5-21/h1-3,8-11,20H,4-7H2. The third kappa shape index (κ3) is 2.44. The Kier molecular flexibility index (Phi) is 3.27. The van der Waals surface area contributed by atoms with Crippen LogP contribution in [-0.4, -0.2) is 36.3 Å². The van der Waals surface area contributed by atoms with Crippen molar-refractivity contribution >= 4 is 16.7 Å². The first-order chi connectivity index (χ1) is 10.8. The summed E-state index contributed by atoms with van der Waals surface area (Å²) in [5.74, 6) is 0.715. The van der Waals surface area contributed by atoms with Crippen LogP contribution in [0.5, 0.6) is 0 Å². The van der Waals surface area contributed by atoms with E-state index in [1.54, 1.807) is 6.07 Å². The van der Waals surface area contributed by atoms with Crippen molar-refractivity contribution in [3.63, 3.8) is 0 Å². The number of aromatic nitrogens is 2. The first kappa shape index (κ1) is 13.3. The summed E-state index contributed by atoms with van der Waals surface area (Å²) >= 11 is 0. The van der Waals surface area contributed by atoms with Crippen molar-refractivity contribution in [3.05, 3.63) is 48.4 Å². The summed E-state index contributed by atoms with van der Waals surface area (Å²) in [5.41, 5.74) is 2.75. The number of halogens is 1. The quantitative estimate of drug-likeness (QED) is 0.789. The lowest BCUT2D eigenvalue weighted by Gasteiger charge is -2.27. The molecule has 1 aliphatic rings. The van der Waals surface area contributed by atoms with E-state index in [0.717, 1.165) is 54.3 Å².